The Bertz CT molecular complexity index is 606. The second-order valence-electron chi connectivity index (χ2n) is 6.80. The van der Waals surface area contributed by atoms with Crippen LogP contribution < -0.4 is 16.0 Å². The predicted octanol–water partition coefficient (Wildman–Crippen LogP) is 3.70. The SMILES string of the molecule is CC(C)C(=O)Nc1ccc(NC(=O)CNCCC2=CCCCC2)cc1. The summed E-state index contributed by atoms with van der Waals surface area (Å²) in [5.74, 6) is -0.138. The number of carbonyl (C=O) groups is 2. The molecule has 5 nitrogen and oxygen atoms in total. The van der Waals surface area contributed by atoms with Gasteiger partial charge in [-0.25, -0.2) is 0 Å². The molecule has 0 fully saturated rings. The molecule has 0 radical (unpaired) electrons. The topological polar surface area (TPSA) is 70.2 Å². The molecule has 0 heterocycles. The number of hydrogen-bond donors (Lipinski definition) is 3. The standard InChI is InChI=1S/C20H29N3O2/c1-15(2)20(25)23-18-10-8-17(9-11-18)22-19(24)14-21-13-12-16-6-4-3-5-7-16/h6,8-11,15,21H,3-5,7,12-14H2,1-2H3,(H,22,24)(H,23,25). The lowest BCUT2D eigenvalue weighted by Crippen LogP contribution is -2.29. The summed E-state index contributed by atoms with van der Waals surface area (Å²) in [6.45, 7) is 4.84. The fraction of sp³-hybridized carbons (Fsp3) is 0.500. The molecule has 1 aromatic rings. The molecule has 0 aromatic heterocycles. The molecule has 136 valence electrons. The van der Waals surface area contributed by atoms with Crippen LogP contribution in [0.15, 0.2) is 35.9 Å². The highest BCUT2D eigenvalue weighted by atomic mass is 16.2. The number of nitrogens with one attached hydrogen (secondary N) is 3. The Labute approximate surface area is 150 Å². The summed E-state index contributed by atoms with van der Waals surface area (Å²) in [4.78, 5) is 23.6. The Hall–Kier alpha value is -2.14. The van der Waals surface area contributed by atoms with Crippen molar-refractivity contribution in [2.24, 2.45) is 5.92 Å². The lowest BCUT2D eigenvalue weighted by atomic mass is 9.97. The molecule has 1 aliphatic carbocycles. The smallest absolute Gasteiger partial charge is 0.238 e. The maximum Gasteiger partial charge on any atom is 0.238 e. The van der Waals surface area contributed by atoms with Gasteiger partial charge < -0.3 is 16.0 Å². The van der Waals surface area contributed by atoms with Crippen LogP contribution in [0.2, 0.25) is 0 Å². The van der Waals surface area contributed by atoms with Gasteiger partial charge >= 0.3 is 0 Å². The number of carbonyl (C=O) groups excluding carboxylic acids is 2. The van der Waals surface area contributed by atoms with Gasteiger partial charge in [0.15, 0.2) is 0 Å². The fourth-order valence-corrected chi connectivity index (χ4v) is 2.71. The molecule has 1 aromatic carbocycles. The summed E-state index contributed by atoms with van der Waals surface area (Å²) in [6.07, 6.45) is 8.36. The van der Waals surface area contributed by atoms with Gasteiger partial charge in [0.05, 0.1) is 6.54 Å². The second-order valence-corrected chi connectivity index (χ2v) is 6.80. The van der Waals surface area contributed by atoms with Gasteiger partial charge in [0.1, 0.15) is 0 Å². The number of benzene rings is 1. The molecule has 0 aliphatic heterocycles. The minimum absolute atomic E-state index is 0.0194. The Balaban J connectivity index is 1.67. The molecule has 1 aliphatic rings. The van der Waals surface area contributed by atoms with Crippen molar-refractivity contribution in [3.05, 3.63) is 35.9 Å². The van der Waals surface area contributed by atoms with E-state index >= 15 is 0 Å². The quantitative estimate of drug-likeness (QED) is 0.498. The van der Waals surface area contributed by atoms with Crippen molar-refractivity contribution in [3.8, 4) is 0 Å². The maximum atomic E-state index is 12.0. The molecule has 0 bridgehead atoms. The summed E-state index contributed by atoms with van der Waals surface area (Å²) in [7, 11) is 0. The van der Waals surface area contributed by atoms with E-state index < -0.39 is 0 Å². The highest BCUT2D eigenvalue weighted by Gasteiger charge is 2.08. The third-order valence-corrected chi connectivity index (χ3v) is 4.25. The maximum absolute atomic E-state index is 12.0. The Morgan fingerprint density at radius 3 is 2.32 bits per heavy atom. The van der Waals surface area contributed by atoms with Gasteiger partial charge in [0.2, 0.25) is 11.8 Å². The van der Waals surface area contributed by atoms with Gasteiger partial charge in [-0.1, -0.05) is 25.5 Å². The summed E-state index contributed by atoms with van der Waals surface area (Å²) in [5.41, 5.74) is 2.97. The van der Waals surface area contributed by atoms with Crippen molar-refractivity contribution in [1.82, 2.24) is 5.32 Å². The summed E-state index contributed by atoms with van der Waals surface area (Å²) < 4.78 is 0. The molecule has 5 heteroatoms. The van der Waals surface area contributed by atoms with Gasteiger partial charge in [-0.2, -0.15) is 0 Å². The first-order valence-electron chi connectivity index (χ1n) is 9.14. The molecule has 2 rings (SSSR count). The minimum Gasteiger partial charge on any atom is -0.326 e. The normalized spacial score (nSPS) is 14.1. The van der Waals surface area contributed by atoms with Crippen molar-refractivity contribution in [2.75, 3.05) is 23.7 Å². The van der Waals surface area contributed by atoms with Crippen LogP contribution in [0.5, 0.6) is 0 Å². The summed E-state index contributed by atoms with van der Waals surface area (Å²) in [6, 6.07) is 7.17. The average Bonchev–Trinajstić information content (AvgIpc) is 2.61. The lowest BCUT2D eigenvalue weighted by molar-refractivity contribution is -0.119. The number of rotatable bonds is 8. The van der Waals surface area contributed by atoms with E-state index in [4.69, 9.17) is 0 Å². The Morgan fingerprint density at radius 2 is 1.72 bits per heavy atom. The van der Waals surface area contributed by atoms with Gasteiger partial charge in [0.25, 0.3) is 0 Å². The largest absolute Gasteiger partial charge is 0.326 e. The first-order valence-corrected chi connectivity index (χ1v) is 9.14. The van der Waals surface area contributed by atoms with E-state index in [1.165, 1.54) is 31.3 Å². The first-order chi connectivity index (χ1) is 12.0. The molecule has 0 saturated heterocycles. The Morgan fingerprint density at radius 1 is 1.04 bits per heavy atom. The van der Waals surface area contributed by atoms with E-state index in [0.29, 0.717) is 6.54 Å². The van der Waals surface area contributed by atoms with E-state index in [1.54, 1.807) is 24.3 Å². The number of hydrogen-bond acceptors (Lipinski definition) is 3. The fourth-order valence-electron chi connectivity index (χ4n) is 2.71. The number of anilines is 2. The zero-order valence-electron chi connectivity index (χ0n) is 15.2. The summed E-state index contributed by atoms with van der Waals surface area (Å²) in [5, 5.41) is 8.87. The monoisotopic (exact) mass is 343 g/mol. The first kappa shape index (κ1) is 19.2. The van der Waals surface area contributed by atoms with Crippen LogP contribution >= 0.6 is 0 Å². The molecular weight excluding hydrogens is 314 g/mol. The Kier molecular flexibility index (Phi) is 7.67. The van der Waals surface area contributed by atoms with E-state index in [-0.39, 0.29) is 17.7 Å². The minimum atomic E-state index is -0.0603. The highest BCUT2D eigenvalue weighted by molar-refractivity contribution is 5.94. The molecular formula is C20H29N3O2. The molecule has 25 heavy (non-hydrogen) atoms. The molecule has 0 saturated carbocycles. The van der Waals surface area contributed by atoms with E-state index in [9.17, 15) is 9.59 Å². The van der Waals surface area contributed by atoms with Gasteiger partial charge in [-0.05, 0) is 62.9 Å². The molecule has 2 amide bonds. The average molecular weight is 343 g/mol. The van der Waals surface area contributed by atoms with Crippen LogP contribution in [0.1, 0.15) is 46.0 Å². The van der Waals surface area contributed by atoms with E-state index in [1.807, 2.05) is 13.8 Å². The van der Waals surface area contributed by atoms with Crippen molar-refractivity contribution < 1.29 is 9.59 Å². The number of amides is 2. The third kappa shape index (κ3) is 7.10. The second kappa shape index (κ2) is 9.99. The van der Waals surface area contributed by atoms with Crippen molar-refractivity contribution in [2.45, 2.75) is 46.0 Å². The van der Waals surface area contributed by atoms with Crippen molar-refractivity contribution in [3.63, 3.8) is 0 Å². The summed E-state index contributed by atoms with van der Waals surface area (Å²) >= 11 is 0. The lowest BCUT2D eigenvalue weighted by Gasteiger charge is -2.13. The van der Waals surface area contributed by atoms with Gasteiger partial charge in [0, 0.05) is 17.3 Å². The van der Waals surface area contributed by atoms with Crippen LogP contribution in [0.25, 0.3) is 0 Å². The third-order valence-electron chi connectivity index (χ3n) is 4.25. The van der Waals surface area contributed by atoms with Crippen molar-refractivity contribution >= 4 is 23.2 Å². The van der Waals surface area contributed by atoms with Gasteiger partial charge in [-0.3, -0.25) is 9.59 Å². The predicted molar refractivity (Wildman–Crippen MR) is 103 cm³/mol. The van der Waals surface area contributed by atoms with Crippen molar-refractivity contribution in [1.29, 1.82) is 0 Å². The highest BCUT2D eigenvalue weighted by Crippen LogP contribution is 2.19. The van der Waals surface area contributed by atoms with Crippen LogP contribution in [0.3, 0.4) is 0 Å². The van der Waals surface area contributed by atoms with Crippen LogP contribution in [0.4, 0.5) is 11.4 Å². The van der Waals surface area contributed by atoms with E-state index in [0.717, 1.165) is 24.3 Å². The molecule has 0 spiro atoms. The van der Waals surface area contributed by atoms with E-state index in [2.05, 4.69) is 22.0 Å². The molecule has 3 N–H and O–H groups in total. The zero-order valence-corrected chi connectivity index (χ0v) is 15.2. The zero-order chi connectivity index (χ0) is 18.1. The molecule has 0 atom stereocenters. The van der Waals surface area contributed by atoms with Crippen LogP contribution in [0, 0.1) is 5.92 Å². The molecule has 0 unspecified atom stereocenters. The van der Waals surface area contributed by atoms with Crippen LogP contribution in [-0.2, 0) is 9.59 Å². The van der Waals surface area contributed by atoms with Gasteiger partial charge in [-0.15, -0.1) is 0 Å². The number of allylic oxidation sites excluding steroid dienone is 1. The van der Waals surface area contributed by atoms with Crippen LogP contribution in [-0.4, -0.2) is 24.9 Å².